The molecule has 2 heterocycles. The molecule has 3 aromatic rings. The van der Waals surface area contributed by atoms with Gasteiger partial charge >= 0.3 is 0 Å². The largest absolute Gasteiger partial charge is 0.350 e. The molecular weight excluding hydrogens is 503 g/mol. The predicted molar refractivity (Wildman–Crippen MR) is 156 cm³/mol. The molecule has 2 aliphatic rings. The Balaban J connectivity index is 1.32. The van der Waals surface area contributed by atoms with Crippen LogP contribution in [0.1, 0.15) is 90.1 Å². The first-order valence-corrected chi connectivity index (χ1v) is 15.0. The number of fused-ring (bicyclic) bond motifs is 1. The third-order valence-electron chi connectivity index (χ3n) is 9.22. The minimum Gasteiger partial charge on any atom is -0.350 e. The van der Waals surface area contributed by atoms with Gasteiger partial charge in [0, 0.05) is 48.7 Å². The van der Waals surface area contributed by atoms with Gasteiger partial charge in [-0.15, -0.1) is 0 Å². The number of aryl methyl sites for hydroxylation is 2. The zero-order chi connectivity index (χ0) is 28.4. The summed E-state index contributed by atoms with van der Waals surface area (Å²) in [5, 5.41) is 0.680. The third kappa shape index (κ3) is 5.91. The lowest BCUT2D eigenvalue weighted by atomic mass is 9.76. The number of nitrogens with zero attached hydrogens (tertiary/aromatic N) is 2. The summed E-state index contributed by atoms with van der Waals surface area (Å²) in [4.78, 5) is 42.6. The molecule has 1 saturated heterocycles. The van der Waals surface area contributed by atoms with Crippen molar-refractivity contribution in [2.75, 3.05) is 13.1 Å². The van der Waals surface area contributed by atoms with E-state index in [1.165, 1.54) is 18.6 Å². The second-order valence-corrected chi connectivity index (χ2v) is 12.1. The summed E-state index contributed by atoms with van der Waals surface area (Å²) < 4.78 is 15.1. The molecule has 2 fully saturated rings. The molecule has 5 nitrogen and oxygen atoms in total. The van der Waals surface area contributed by atoms with Crippen LogP contribution in [0, 0.1) is 30.5 Å². The minimum absolute atomic E-state index is 0.0259. The zero-order valence-electron chi connectivity index (χ0n) is 24.0. The van der Waals surface area contributed by atoms with E-state index in [9.17, 15) is 18.8 Å². The minimum atomic E-state index is -0.424. The molecule has 1 unspecified atom stereocenters. The number of hydrogen-bond acceptors (Lipinski definition) is 3. The smallest absolute Gasteiger partial charge is 0.254 e. The number of aromatic nitrogens is 1. The first-order valence-electron chi connectivity index (χ1n) is 15.0. The molecule has 1 aliphatic heterocycles. The Morgan fingerprint density at radius 3 is 2.30 bits per heavy atom. The van der Waals surface area contributed by atoms with E-state index in [-0.39, 0.29) is 23.4 Å². The molecule has 0 spiro atoms. The van der Waals surface area contributed by atoms with E-state index in [4.69, 9.17) is 0 Å². The van der Waals surface area contributed by atoms with Gasteiger partial charge < -0.3 is 9.47 Å². The van der Waals surface area contributed by atoms with Crippen LogP contribution in [0.5, 0.6) is 0 Å². The summed E-state index contributed by atoms with van der Waals surface area (Å²) in [7, 11) is 1.88. The van der Waals surface area contributed by atoms with Crippen LogP contribution in [-0.2, 0) is 18.3 Å². The van der Waals surface area contributed by atoms with Crippen LogP contribution in [0.15, 0.2) is 42.6 Å². The van der Waals surface area contributed by atoms with Crippen LogP contribution < -0.4 is 0 Å². The van der Waals surface area contributed by atoms with E-state index in [0.717, 1.165) is 68.0 Å². The van der Waals surface area contributed by atoms with Crippen molar-refractivity contribution in [3.8, 4) is 0 Å². The highest BCUT2D eigenvalue weighted by atomic mass is 19.1. The van der Waals surface area contributed by atoms with Crippen LogP contribution in [0.3, 0.4) is 0 Å². The van der Waals surface area contributed by atoms with Crippen molar-refractivity contribution in [1.82, 2.24) is 9.47 Å². The molecule has 1 saturated carbocycles. The highest BCUT2D eigenvalue weighted by Crippen LogP contribution is 2.35. The van der Waals surface area contributed by atoms with Gasteiger partial charge in [0.05, 0.1) is 5.56 Å². The lowest BCUT2D eigenvalue weighted by molar-refractivity contribution is -0.119. The topological polar surface area (TPSA) is 59.4 Å². The number of benzene rings is 2. The molecule has 5 rings (SSSR count). The van der Waals surface area contributed by atoms with Crippen molar-refractivity contribution < 1.29 is 18.8 Å². The van der Waals surface area contributed by atoms with Gasteiger partial charge in [0.15, 0.2) is 0 Å². The number of carbonyl (C=O) groups is 3. The molecule has 2 aromatic carbocycles. The lowest BCUT2D eigenvalue weighted by Crippen LogP contribution is -2.39. The molecule has 212 valence electrons. The van der Waals surface area contributed by atoms with E-state index in [1.54, 1.807) is 6.20 Å². The summed E-state index contributed by atoms with van der Waals surface area (Å²) >= 11 is 0. The molecule has 0 radical (unpaired) electrons. The number of rotatable bonds is 10. The lowest BCUT2D eigenvalue weighted by Gasteiger charge is -2.32. The van der Waals surface area contributed by atoms with Crippen LogP contribution in [0.25, 0.3) is 10.9 Å². The Bertz CT molecular complexity index is 1390. The molecule has 1 aliphatic carbocycles. The monoisotopic (exact) mass is 544 g/mol. The number of piperidine rings is 1. The fourth-order valence-electron chi connectivity index (χ4n) is 6.56. The van der Waals surface area contributed by atoms with E-state index >= 15 is 0 Å². The van der Waals surface area contributed by atoms with Gasteiger partial charge in [0.1, 0.15) is 5.82 Å². The van der Waals surface area contributed by atoms with Crippen LogP contribution >= 0.6 is 0 Å². The quantitative estimate of drug-likeness (QED) is 0.202. The number of amides is 1. The maximum atomic E-state index is 13.7. The highest BCUT2D eigenvalue weighted by Gasteiger charge is 2.32. The molecule has 0 bridgehead atoms. The van der Waals surface area contributed by atoms with Crippen molar-refractivity contribution in [2.24, 2.45) is 24.8 Å². The van der Waals surface area contributed by atoms with Crippen LogP contribution in [-0.4, -0.2) is 40.0 Å². The van der Waals surface area contributed by atoms with Gasteiger partial charge in [0.25, 0.3) is 5.91 Å². The standard InChI is InChI=1S/C34H41FN2O3/c1-4-6-26(19-23-7-5-8-23)32(38)33(39)30-21-36(3)31-17-22(2)28(20-29(30)31)34(40)37-15-13-25(14-16-37)18-24-9-11-27(35)12-10-24/h9-12,17,20-21,23,25-26H,4-8,13-16,18-19H2,1-3H3. The summed E-state index contributed by atoms with van der Waals surface area (Å²) in [6, 6.07) is 10.5. The van der Waals surface area contributed by atoms with Crippen LogP contribution in [0.2, 0.25) is 0 Å². The maximum Gasteiger partial charge on any atom is 0.254 e. The Morgan fingerprint density at radius 2 is 1.68 bits per heavy atom. The summed E-state index contributed by atoms with van der Waals surface area (Å²) in [5.41, 5.74) is 3.85. The fraction of sp³-hybridized carbons (Fsp3) is 0.500. The van der Waals surface area contributed by atoms with Crippen molar-refractivity contribution in [2.45, 2.75) is 71.6 Å². The Hall–Kier alpha value is -3.28. The first-order chi connectivity index (χ1) is 19.2. The molecule has 0 N–H and O–H groups in total. The van der Waals surface area contributed by atoms with Gasteiger partial charge in [-0.2, -0.15) is 0 Å². The van der Waals surface area contributed by atoms with Gasteiger partial charge in [-0.1, -0.05) is 44.7 Å². The predicted octanol–water partition coefficient (Wildman–Crippen LogP) is 7.08. The second-order valence-electron chi connectivity index (χ2n) is 12.1. The number of likely N-dealkylation sites (tertiary alicyclic amines) is 1. The van der Waals surface area contributed by atoms with Crippen molar-refractivity contribution in [3.05, 3.63) is 70.7 Å². The first kappa shape index (κ1) is 28.3. The summed E-state index contributed by atoms with van der Waals surface area (Å²) in [6.45, 7) is 5.33. The number of Topliss-reactive ketones (excluding diaryl/α,β-unsaturated/α-hetero) is 2. The Morgan fingerprint density at radius 1 is 0.975 bits per heavy atom. The van der Waals surface area contributed by atoms with E-state index in [2.05, 4.69) is 6.92 Å². The summed E-state index contributed by atoms with van der Waals surface area (Å²) in [5.74, 6) is -0.155. The molecule has 40 heavy (non-hydrogen) atoms. The van der Waals surface area contributed by atoms with Gasteiger partial charge in [-0.3, -0.25) is 14.4 Å². The van der Waals surface area contributed by atoms with Crippen molar-refractivity contribution in [1.29, 1.82) is 0 Å². The summed E-state index contributed by atoms with van der Waals surface area (Å²) in [6.07, 6.45) is 10.4. The Kier molecular flexibility index (Phi) is 8.53. The SMILES string of the molecule is CCCC(CC1CCC1)C(=O)C(=O)c1cn(C)c2cc(C)c(C(=O)N3CCC(Cc4ccc(F)cc4)CC3)cc12. The number of halogens is 1. The maximum absolute atomic E-state index is 13.7. The molecule has 6 heteroatoms. The molecular formula is C34H41FN2O3. The molecule has 1 atom stereocenters. The van der Waals surface area contributed by atoms with Crippen molar-refractivity contribution in [3.63, 3.8) is 0 Å². The van der Waals surface area contributed by atoms with E-state index < -0.39 is 5.78 Å². The number of carbonyl (C=O) groups excluding carboxylic acids is 3. The second kappa shape index (κ2) is 12.1. The van der Waals surface area contributed by atoms with Crippen LogP contribution in [0.4, 0.5) is 4.39 Å². The van der Waals surface area contributed by atoms with E-state index in [0.29, 0.717) is 41.4 Å². The van der Waals surface area contributed by atoms with Gasteiger partial charge in [0.2, 0.25) is 11.6 Å². The average Bonchev–Trinajstić information content (AvgIpc) is 3.25. The van der Waals surface area contributed by atoms with Gasteiger partial charge in [-0.05, 0) is 86.3 Å². The van der Waals surface area contributed by atoms with Gasteiger partial charge in [-0.25, -0.2) is 4.39 Å². The normalized spacial score (nSPS) is 17.1. The highest BCUT2D eigenvalue weighted by molar-refractivity contribution is 6.46. The Labute approximate surface area is 236 Å². The fourth-order valence-corrected chi connectivity index (χ4v) is 6.56. The molecule has 1 aromatic heterocycles. The molecule has 1 amide bonds. The number of hydrogen-bond donors (Lipinski definition) is 0. The third-order valence-corrected chi connectivity index (χ3v) is 9.22. The van der Waals surface area contributed by atoms with E-state index in [1.807, 2.05) is 47.7 Å². The van der Waals surface area contributed by atoms with Crippen molar-refractivity contribution >= 4 is 28.4 Å². The zero-order valence-corrected chi connectivity index (χ0v) is 24.0. The number of ketones is 2. The average molecular weight is 545 g/mol.